The summed E-state index contributed by atoms with van der Waals surface area (Å²) in [6.45, 7) is 4.14. The van der Waals surface area contributed by atoms with Crippen molar-refractivity contribution in [2.45, 2.75) is 19.9 Å². The Balaban J connectivity index is 3.12. The van der Waals surface area contributed by atoms with Crippen LogP contribution in [-0.4, -0.2) is 0 Å². The Kier molecular flexibility index (Phi) is 3.81. The maximum absolute atomic E-state index is 6.01. The Morgan fingerprint density at radius 1 is 1.36 bits per heavy atom. The first-order valence-electron chi connectivity index (χ1n) is 4.43. The van der Waals surface area contributed by atoms with Gasteiger partial charge in [-0.1, -0.05) is 25.4 Å². The largest absolute Gasteiger partial charge is 0.397 e. The standard InChI is InChI=1S/C10H14BrClN2/c1-5(2)9(13)6-3-7(11)10(14)8(12)4-6/h3-5,9H,13-14H2,1-2H3. The van der Waals surface area contributed by atoms with Crippen molar-refractivity contribution in [3.8, 4) is 0 Å². The van der Waals surface area contributed by atoms with E-state index in [1.165, 1.54) is 0 Å². The zero-order valence-corrected chi connectivity index (χ0v) is 10.6. The second kappa shape index (κ2) is 4.51. The summed E-state index contributed by atoms with van der Waals surface area (Å²) in [6, 6.07) is 3.74. The molecule has 78 valence electrons. The van der Waals surface area contributed by atoms with Gasteiger partial charge in [0.1, 0.15) is 0 Å². The summed E-state index contributed by atoms with van der Waals surface area (Å²) in [5.41, 5.74) is 13.3. The van der Waals surface area contributed by atoms with Gasteiger partial charge in [0.15, 0.2) is 0 Å². The highest BCUT2D eigenvalue weighted by Gasteiger charge is 2.13. The predicted molar refractivity (Wildman–Crippen MR) is 65.3 cm³/mol. The first-order chi connectivity index (χ1) is 6.43. The quantitative estimate of drug-likeness (QED) is 0.815. The molecule has 0 amide bonds. The molecule has 0 aliphatic rings. The number of nitrogens with two attached hydrogens (primary N) is 2. The van der Waals surface area contributed by atoms with Gasteiger partial charge in [-0.15, -0.1) is 0 Å². The topological polar surface area (TPSA) is 52.0 Å². The van der Waals surface area contributed by atoms with Crippen molar-refractivity contribution in [3.05, 3.63) is 27.2 Å². The van der Waals surface area contributed by atoms with Crippen molar-refractivity contribution >= 4 is 33.2 Å². The highest BCUT2D eigenvalue weighted by Crippen LogP contribution is 2.32. The van der Waals surface area contributed by atoms with Crippen LogP contribution in [0.2, 0.25) is 5.02 Å². The maximum atomic E-state index is 6.01. The Bertz CT molecular complexity index is 316. The lowest BCUT2D eigenvalue weighted by Crippen LogP contribution is -2.16. The van der Waals surface area contributed by atoms with Crippen LogP contribution in [0.3, 0.4) is 0 Å². The molecule has 14 heavy (non-hydrogen) atoms. The van der Waals surface area contributed by atoms with E-state index in [9.17, 15) is 0 Å². The normalized spacial score (nSPS) is 13.3. The fraction of sp³-hybridized carbons (Fsp3) is 0.400. The van der Waals surface area contributed by atoms with Gasteiger partial charge in [0, 0.05) is 10.5 Å². The first kappa shape index (κ1) is 11.8. The molecule has 4 heteroatoms. The molecule has 2 nitrogen and oxygen atoms in total. The summed E-state index contributed by atoms with van der Waals surface area (Å²) in [6.07, 6.45) is 0. The van der Waals surface area contributed by atoms with Gasteiger partial charge in [-0.3, -0.25) is 0 Å². The Morgan fingerprint density at radius 2 is 1.93 bits per heavy atom. The number of hydrogen-bond acceptors (Lipinski definition) is 2. The monoisotopic (exact) mass is 276 g/mol. The number of benzene rings is 1. The number of halogens is 2. The van der Waals surface area contributed by atoms with E-state index in [-0.39, 0.29) is 6.04 Å². The maximum Gasteiger partial charge on any atom is 0.0650 e. The Labute approximate surface area is 97.7 Å². The van der Waals surface area contributed by atoms with Crippen LogP contribution in [0.4, 0.5) is 5.69 Å². The summed E-state index contributed by atoms with van der Waals surface area (Å²) in [7, 11) is 0. The van der Waals surface area contributed by atoms with Crippen molar-refractivity contribution < 1.29 is 0 Å². The van der Waals surface area contributed by atoms with Crippen molar-refractivity contribution in [1.29, 1.82) is 0 Å². The molecular formula is C10H14BrClN2. The first-order valence-corrected chi connectivity index (χ1v) is 5.60. The molecule has 1 atom stereocenters. The third-order valence-electron chi connectivity index (χ3n) is 2.20. The summed E-state index contributed by atoms with van der Waals surface area (Å²) in [5.74, 6) is 0.376. The molecule has 1 aromatic rings. The molecule has 0 radical (unpaired) electrons. The van der Waals surface area contributed by atoms with Crippen molar-refractivity contribution in [2.75, 3.05) is 5.73 Å². The van der Waals surface area contributed by atoms with E-state index >= 15 is 0 Å². The van der Waals surface area contributed by atoms with Gasteiger partial charge >= 0.3 is 0 Å². The second-order valence-electron chi connectivity index (χ2n) is 3.67. The van der Waals surface area contributed by atoms with Gasteiger partial charge in [0.25, 0.3) is 0 Å². The van der Waals surface area contributed by atoms with Crippen LogP contribution in [0, 0.1) is 5.92 Å². The fourth-order valence-corrected chi connectivity index (χ4v) is 2.00. The molecule has 0 saturated carbocycles. The van der Waals surface area contributed by atoms with Gasteiger partial charge in [-0.05, 0) is 39.5 Å². The van der Waals surface area contributed by atoms with E-state index in [1.807, 2.05) is 12.1 Å². The molecule has 0 saturated heterocycles. The second-order valence-corrected chi connectivity index (χ2v) is 4.93. The minimum absolute atomic E-state index is 0.00981. The Hall–Kier alpha value is -0.250. The summed E-state index contributed by atoms with van der Waals surface area (Å²) >= 11 is 9.31. The van der Waals surface area contributed by atoms with Crippen LogP contribution in [0.5, 0.6) is 0 Å². The van der Waals surface area contributed by atoms with Gasteiger partial charge < -0.3 is 11.5 Å². The lowest BCUT2D eigenvalue weighted by Gasteiger charge is -2.17. The smallest absolute Gasteiger partial charge is 0.0650 e. The van der Waals surface area contributed by atoms with Crippen LogP contribution in [-0.2, 0) is 0 Å². The molecule has 1 aromatic carbocycles. The van der Waals surface area contributed by atoms with Crippen LogP contribution in [0.1, 0.15) is 25.5 Å². The van der Waals surface area contributed by atoms with Crippen molar-refractivity contribution in [3.63, 3.8) is 0 Å². The van der Waals surface area contributed by atoms with Gasteiger partial charge in [-0.25, -0.2) is 0 Å². The minimum Gasteiger partial charge on any atom is -0.397 e. The molecule has 0 aliphatic carbocycles. The summed E-state index contributed by atoms with van der Waals surface area (Å²) < 4.78 is 0.802. The minimum atomic E-state index is -0.00981. The number of hydrogen-bond donors (Lipinski definition) is 2. The van der Waals surface area contributed by atoms with Gasteiger partial charge in [0.2, 0.25) is 0 Å². The highest BCUT2D eigenvalue weighted by atomic mass is 79.9. The van der Waals surface area contributed by atoms with Crippen LogP contribution >= 0.6 is 27.5 Å². The third-order valence-corrected chi connectivity index (χ3v) is 3.17. The van der Waals surface area contributed by atoms with E-state index < -0.39 is 0 Å². The molecule has 4 N–H and O–H groups in total. The zero-order valence-electron chi connectivity index (χ0n) is 8.22. The lowest BCUT2D eigenvalue weighted by molar-refractivity contribution is 0.514. The predicted octanol–water partition coefficient (Wildman–Crippen LogP) is 3.34. The van der Waals surface area contributed by atoms with E-state index in [2.05, 4.69) is 29.8 Å². The van der Waals surface area contributed by atoms with Crippen molar-refractivity contribution in [2.24, 2.45) is 11.7 Å². The van der Waals surface area contributed by atoms with Crippen molar-refractivity contribution in [1.82, 2.24) is 0 Å². The van der Waals surface area contributed by atoms with E-state index in [0.717, 1.165) is 10.0 Å². The average Bonchev–Trinajstić information content (AvgIpc) is 2.12. The van der Waals surface area contributed by atoms with Crippen LogP contribution < -0.4 is 11.5 Å². The van der Waals surface area contributed by atoms with E-state index in [0.29, 0.717) is 16.6 Å². The molecule has 0 heterocycles. The van der Waals surface area contributed by atoms with Crippen LogP contribution in [0.25, 0.3) is 0 Å². The molecule has 0 spiro atoms. The summed E-state index contributed by atoms with van der Waals surface area (Å²) in [5, 5.41) is 0.547. The molecule has 1 unspecified atom stereocenters. The highest BCUT2D eigenvalue weighted by molar-refractivity contribution is 9.10. The van der Waals surface area contributed by atoms with Gasteiger partial charge in [0.05, 0.1) is 10.7 Å². The SMILES string of the molecule is CC(C)C(N)c1cc(Cl)c(N)c(Br)c1. The van der Waals surface area contributed by atoms with E-state index in [4.69, 9.17) is 23.1 Å². The number of nitrogen functional groups attached to an aromatic ring is 1. The molecule has 0 bridgehead atoms. The summed E-state index contributed by atoms with van der Waals surface area (Å²) in [4.78, 5) is 0. The number of anilines is 1. The molecular weight excluding hydrogens is 263 g/mol. The van der Waals surface area contributed by atoms with Gasteiger partial charge in [-0.2, -0.15) is 0 Å². The average molecular weight is 278 g/mol. The molecule has 0 fully saturated rings. The lowest BCUT2D eigenvalue weighted by atomic mass is 9.97. The van der Waals surface area contributed by atoms with Crippen LogP contribution in [0.15, 0.2) is 16.6 Å². The molecule has 0 aromatic heterocycles. The number of rotatable bonds is 2. The Morgan fingerprint density at radius 3 is 2.36 bits per heavy atom. The fourth-order valence-electron chi connectivity index (χ4n) is 1.18. The molecule has 0 aliphatic heterocycles. The van der Waals surface area contributed by atoms with E-state index in [1.54, 1.807) is 0 Å². The zero-order chi connectivity index (χ0) is 10.9. The third kappa shape index (κ3) is 2.41. The molecule has 1 rings (SSSR count).